The van der Waals surface area contributed by atoms with Crippen LogP contribution in [-0.2, 0) is 27.1 Å². The van der Waals surface area contributed by atoms with Gasteiger partial charge in [-0.25, -0.2) is 12.8 Å². The Balaban J connectivity index is 2.11. The minimum Gasteiger partial charge on any atom is -0.294 e. The molecule has 0 bridgehead atoms. The van der Waals surface area contributed by atoms with Crippen molar-refractivity contribution in [3.63, 3.8) is 0 Å². The molecule has 24 heavy (non-hydrogen) atoms. The Bertz CT molecular complexity index is 945. The molecule has 0 aliphatic carbocycles. The van der Waals surface area contributed by atoms with Gasteiger partial charge in [0.25, 0.3) is 5.91 Å². The number of aromatic nitrogens is 1. The van der Waals surface area contributed by atoms with E-state index in [9.17, 15) is 22.4 Å². The number of halogens is 1. The maximum absolute atomic E-state index is 13.8. The van der Waals surface area contributed by atoms with Crippen LogP contribution in [0.25, 0.3) is 0 Å². The van der Waals surface area contributed by atoms with E-state index in [-0.39, 0.29) is 10.4 Å². The van der Waals surface area contributed by atoms with Crippen molar-refractivity contribution in [1.82, 2.24) is 9.29 Å². The smallest absolute Gasteiger partial charge is 0.294 e. The largest absolute Gasteiger partial charge is 0.308 e. The first-order valence-corrected chi connectivity index (χ1v) is 9.51. The summed E-state index contributed by atoms with van der Waals surface area (Å²) in [7, 11) is -4.06. The third kappa shape index (κ3) is 4.30. The Morgan fingerprint density at radius 3 is 2.50 bits per heavy atom. The number of rotatable bonds is 5. The quantitative estimate of drug-likeness (QED) is 0.864. The van der Waals surface area contributed by atoms with Crippen molar-refractivity contribution in [1.29, 1.82) is 0 Å². The van der Waals surface area contributed by atoms with Crippen LogP contribution in [0.4, 0.5) is 4.39 Å². The highest BCUT2D eigenvalue weighted by atomic mass is 32.2. The van der Waals surface area contributed by atoms with E-state index in [1.807, 2.05) is 4.72 Å². The number of nitrogens with zero attached hydrogens (tertiary/aromatic N) is 1. The highest BCUT2D eigenvalue weighted by Gasteiger charge is 2.19. The van der Waals surface area contributed by atoms with Crippen molar-refractivity contribution in [2.24, 2.45) is 0 Å². The van der Waals surface area contributed by atoms with Gasteiger partial charge in [-0.15, -0.1) is 0 Å². The second kappa shape index (κ2) is 6.86. The zero-order valence-electron chi connectivity index (χ0n) is 13.4. The third-order valence-electron chi connectivity index (χ3n) is 3.50. The predicted octanol–water partition coefficient (Wildman–Crippen LogP) is 1.62. The summed E-state index contributed by atoms with van der Waals surface area (Å²) < 4.78 is 40.9. The van der Waals surface area contributed by atoms with Gasteiger partial charge in [0.05, 0.1) is 5.75 Å². The van der Waals surface area contributed by atoms with Crippen LogP contribution >= 0.6 is 11.3 Å². The monoisotopic (exact) mass is 372 g/mol. The molecule has 0 atom stereocenters. The first-order valence-electron chi connectivity index (χ1n) is 7.04. The van der Waals surface area contributed by atoms with Crippen LogP contribution < -0.4 is 9.60 Å². The fourth-order valence-electron chi connectivity index (χ4n) is 2.13. The summed E-state index contributed by atoms with van der Waals surface area (Å²) in [6.45, 7) is 4.71. The van der Waals surface area contributed by atoms with Crippen molar-refractivity contribution < 1.29 is 17.6 Å². The Morgan fingerprint density at radius 1 is 1.29 bits per heavy atom. The first kappa shape index (κ1) is 18.3. The van der Waals surface area contributed by atoms with Gasteiger partial charge in [-0.1, -0.05) is 23.5 Å². The van der Waals surface area contributed by atoms with Gasteiger partial charge < -0.3 is 0 Å². The number of hydrogen-bond acceptors (Lipinski definition) is 5. The first-order chi connectivity index (χ1) is 11.1. The molecule has 0 saturated carbocycles. The number of carbonyl (C=O) groups excluding carboxylic acids is 1. The molecule has 0 spiro atoms. The van der Waals surface area contributed by atoms with Crippen LogP contribution in [0, 0.1) is 26.6 Å². The minimum absolute atomic E-state index is 0.0272. The molecule has 2 aromatic rings. The number of hydrogen-bond donors (Lipinski definition) is 1. The van der Waals surface area contributed by atoms with Gasteiger partial charge in [0, 0.05) is 16.1 Å². The normalized spacial score (nSPS) is 11.5. The van der Waals surface area contributed by atoms with Crippen molar-refractivity contribution in [2.75, 3.05) is 0 Å². The molecule has 0 saturated heterocycles. The van der Waals surface area contributed by atoms with Crippen LogP contribution in [0.5, 0.6) is 0 Å². The minimum atomic E-state index is -4.06. The lowest BCUT2D eigenvalue weighted by molar-refractivity contribution is -0.119. The lowest BCUT2D eigenvalue weighted by Crippen LogP contribution is -2.36. The SMILES string of the molecule is Cc1ccc(CS(=O)(=O)NC(=O)Cn2c(C)c(C)sc2=O)c(F)c1. The third-order valence-corrected chi connectivity index (χ3v) is 5.73. The Hall–Kier alpha value is -2.00. The highest BCUT2D eigenvalue weighted by Crippen LogP contribution is 2.13. The van der Waals surface area contributed by atoms with E-state index in [2.05, 4.69) is 0 Å². The van der Waals surface area contributed by atoms with Crippen molar-refractivity contribution in [2.45, 2.75) is 33.1 Å². The average molecular weight is 372 g/mol. The summed E-state index contributed by atoms with van der Waals surface area (Å²) in [5.74, 6) is -2.14. The molecule has 0 aliphatic rings. The molecule has 0 aliphatic heterocycles. The van der Waals surface area contributed by atoms with Crippen molar-refractivity contribution in [3.05, 3.63) is 55.4 Å². The molecular formula is C15H17FN2O4S2. The van der Waals surface area contributed by atoms with Gasteiger partial charge in [-0.3, -0.25) is 18.9 Å². The standard InChI is InChI=1S/C15H17FN2O4S2/c1-9-4-5-12(13(16)6-9)8-24(21,22)17-14(19)7-18-10(2)11(3)23-15(18)20/h4-6H,7-8H2,1-3H3,(H,17,19). The maximum atomic E-state index is 13.8. The van der Waals surface area contributed by atoms with Gasteiger partial charge in [0.15, 0.2) is 0 Å². The zero-order valence-corrected chi connectivity index (χ0v) is 15.1. The summed E-state index contributed by atoms with van der Waals surface area (Å²) in [4.78, 5) is 24.1. The molecule has 2 rings (SSSR count). The molecule has 130 valence electrons. The maximum Gasteiger partial charge on any atom is 0.308 e. The number of aryl methyl sites for hydroxylation is 2. The van der Waals surface area contributed by atoms with Gasteiger partial charge in [0.1, 0.15) is 12.4 Å². The van der Waals surface area contributed by atoms with E-state index in [1.165, 1.54) is 16.7 Å². The van der Waals surface area contributed by atoms with Crippen LogP contribution in [0.2, 0.25) is 0 Å². The average Bonchev–Trinajstić information content (AvgIpc) is 2.68. The van der Waals surface area contributed by atoms with Crippen LogP contribution in [0.3, 0.4) is 0 Å². The van der Waals surface area contributed by atoms with E-state index >= 15 is 0 Å². The molecule has 0 fully saturated rings. The van der Waals surface area contributed by atoms with Crippen LogP contribution in [0.15, 0.2) is 23.0 Å². The van der Waals surface area contributed by atoms with Gasteiger partial charge in [-0.2, -0.15) is 0 Å². The van der Waals surface area contributed by atoms with E-state index in [0.717, 1.165) is 16.2 Å². The zero-order chi connectivity index (χ0) is 18.1. The number of sulfonamides is 1. The lowest BCUT2D eigenvalue weighted by Gasteiger charge is -2.09. The fraction of sp³-hybridized carbons (Fsp3) is 0.333. The number of thiazole rings is 1. The molecular weight excluding hydrogens is 355 g/mol. The highest BCUT2D eigenvalue weighted by molar-refractivity contribution is 7.89. The Labute approximate surface area is 143 Å². The second-order valence-corrected chi connectivity index (χ2v) is 8.36. The number of nitrogens with one attached hydrogen (secondary N) is 1. The van der Waals surface area contributed by atoms with Crippen LogP contribution in [-0.4, -0.2) is 18.9 Å². The number of benzene rings is 1. The topological polar surface area (TPSA) is 85.2 Å². The van der Waals surface area contributed by atoms with E-state index in [0.29, 0.717) is 11.3 Å². The molecule has 0 radical (unpaired) electrons. The molecule has 1 N–H and O–H groups in total. The molecule has 1 amide bonds. The molecule has 1 aromatic carbocycles. The van der Waals surface area contributed by atoms with E-state index in [4.69, 9.17) is 0 Å². The second-order valence-electron chi connectivity index (χ2n) is 5.47. The van der Waals surface area contributed by atoms with Gasteiger partial charge >= 0.3 is 4.87 Å². The summed E-state index contributed by atoms with van der Waals surface area (Å²) >= 11 is 0.990. The molecule has 1 aromatic heterocycles. The summed E-state index contributed by atoms with van der Waals surface area (Å²) in [5.41, 5.74) is 1.25. The van der Waals surface area contributed by atoms with Gasteiger partial charge in [-0.05, 0) is 32.4 Å². The number of carbonyl (C=O) groups is 1. The molecule has 1 heterocycles. The van der Waals surface area contributed by atoms with Gasteiger partial charge in [0.2, 0.25) is 10.0 Å². The Morgan fingerprint density at radius 2 is 1.96 bits per heavy atom. The summed E-state index contributed by atoms with van der Waals surface area (Å²) in [5, 5.41) is 0. The van der Waals surface area contributed by atoms with Crippen molar-refractivity contribution in [3.8, 4) is 0 Å². The predicted molar refractivity (Wildman–Crippen MR) is 90.0 cm³/mol. The molecule has 6 nitrogen and oxygen atoms in total. The van der Waals surface area contributed by atoms with Crippen LogP contribution in [0.1, 0.15) is 21.7 Å². The summed E-state index contributed by atoms with van der Waals surface area (Å²) in [6, 6.07) is 4.18. The lowest BCUT2D eigenvalue weighted by atomic mass is 10.2. The van der Waals surface area contributed by atoms with E-state index < -0.39 is 34.0 Å². The number of amides is 1. The molecule has 0 unspecified atom stereocenters. The van der Waals surface area contributed by atoms with E-state index in [1.54, 1.807) is 26.8 Å². The van der Waals surface area contributed by atoms with Crippen molar-refractivity contribution >= 4 is 27.3 Å². The molecule has 9 heteroatoms. The Kier molecular flexibility index (Phi) is 5.24. The fourth-order valence-corrected chi connectivity index (χ4v) is 4.09. The summed E-state index contributed by atoms with van der Waals surface area (Å²) in [6.07, 6.45) is 0.